The topological polar surface area (TPSA) is 0 Å². The molecular weight excluding hydrogens is 1300 g/mol. The monoisotopic (exact) mass is 1360 g/mol. The van der Waals surface area contributed by atoms with E-state index >= 15 is 0 Å². The molecule has 0 spiro atoms. The fraction of sp³-hybridized carbons (Fsp3) is 0. The first kappa shape index (κ1) is 58.4. The molecule has 0 aromatic heterocycles. The van der Waals surface area contributed by atoms with Gasteiger partial charge in [0.1, 0.15) is 0 Å². The van der Waals surface area contributed by atoms with Crippen LogP contribution in [0, 0.1) is 0 Å². The van der Waals surface area contributed by atoms with E-state index in [9.17, 15) is 0 Å². The molecule has 1 aliphatic rings. The molecule has 25 aromatic rings. The van der Waals surface area contributed by atoms with Crippen LogP contribution in [0.4, 0.5) is 0 Å². The molecule has 0 nitrogen and oxygen atoms in total. The van der Waals surface area contributed by atoms with Crippen LogP contribution in [-0.4, -0.2) is 0 Å². The molecule has 1 aliphatic carbocycles. The maximum Gasteiger partial charge on any atom is -0.00139 e. The molecule has 0 aliphatic heterocycles. The van der Waals surface area contributed by atoms with Gasteiger partial charge in [-0.25, -0.2) is 0 Å². The van der Waals surface area contributed by atoms with E-state index in [1.165, 1.54) is 260 Å². The molecule has 0 bridgehead atoms. The summed E-state index contributed by atoms with van der Waals surface area (Å²) in [6.07, 6.45) is 0. The van der Waals surface area contributed by atoms with E-state index < -0.39 is 0 Å². The zero-order valence-electron chi connectivity index (χ0n) is 58.6. The Kier molecular flexibility index (Phi) is 11.8. The molecule has 26 rings (SSSR count). The van der Waals surface area contributed by atoms with Crippen LogP contribution in [-0.2, 0) is 0 Å². The molecule has 0 N–H and O–H groups in total. The first-order chi connectivity index (χ1) is 53.6. The Morgan fingerprint density at radius 2 is 0.157 bits per heavy atom. The summed E-state index contributed by atoms with van der Waals surface area (Å²) < 4.78 is 0. The number of hydrogen-bond acceptors (Lipinski definition) is 0. The molecule has 108 heavy (non-hydrogen) atoms. The van der Waals surface area contributed by atoms with E-state index in [-0.39, 0.29) is 0 Å². The van der Waals surface area contributed by atoms with Gasteiger partial charge in [0, 0.05) is 0 Å². The Labute approximate surface area is 619 Å². The molecule has 0 heterocycles. The Morgan fingerprint density at radius 1 is 0.0741 bits per heavy atom. The van der Waals surface area contributed by atoms with Crippen molar-refractivity contribution in [3.63, 3.8) is 0 Å². The normalized spacial score (nSPS) is 12.4. The second kappa shape index (κ2) is 21.8. The first-order valence-corrected chi connectivity index (χ1v) is 37.9. The van der Waals surface area contributed by atoms with Crippen molar-refractivity contribution in [1.82, 2.24) is 0 Å². The van der Waals surface area contributed by atoms with Crippen LogP contribution in [0.1, 0.15) is 0 Å². The molecule has 0 saturated carbocycles. The highest BCUT2D eigenvalue weighted by Crippen LogP contribution is 2.57. The van der Waals surface area contributed by atoms with Gasteiger partial charge < -0.3 is 0 Å². The molecule has 25 aromatic carbocycles. The summed E-state index contributed by atoms with van der Waals surface area (Å²) in [7, 11) is 0. The standard InChI is InChI=1S/C72H40.C36H20/c1-9-25-49-41(17-1)42-18-2-10-26-50(42)58-34-66-65(33-57(49)58)67-35-59-51-27-11-3-19-43(51)44-20-5-13-29-53(44)61(59)37-69(67)71-39-63-55-31-15-7-23-47(55)48-24-8-16-32-56(48)64(63)40-72(71)70-38-62-54-30-14-6-22-46(54)45-21-4-12-28-52(45)60(62)36-68(66)70;1-2-10-22-21(9-1)25-13-5-17-29-30-19-7-15-27-23-11-3-4-12-24(23)28-16-8-20-32(36(28)35(27)30)31-18-6-14-26(22)34(31)33(25)29/h1-40H;1-20H. The molecule has 0 amide bonds. The maximum absolute atomic E-state index is 2.56. The molecule has 0 atom stereocenters. The SMILES string of the molecule is c1ccc2c(c1)c1cccc3c4cccc5c6ccccc6c6cccc(c7cccc2c7c13)c6c54.c1ccc2c(c1)c1ccccc1c1cc3c(cc21)-c1cc2c4ccccc4c4ccccc4c2cc1-c1cc2c4ccccc4c4ccccc4c2cc1-c1cc2c4ccccc4c4ccccc4c2cc1-3. The summed E-state index contributed by atoms with van der Waals surface area (Å²) >= 11 is 0. The summed E-state index contributed by atoms with van der Waals surface area (Å²) in [6.45, 7) is 0. The number of benzene rings is 24. The lowest BCUT2D eigenvalue weighted by Gasteiger charge is -2.27. The maximum atomic E-state index is 2.56. The molecule has 0 fully saturated rings. The molecule has 0 saturated heterocycles. The van der Waals surface area contributed by atoms with Crippen molar-refractivity contribution in [1.29, 1.82) is 0 Å². The lowest BCUT2D eigenvalue weighted by Crippen LogP contribution is -2.00. The van der Waals surface area contributed by atoms with Crippen LogP contribution < -0.4 is 0 Å². The Morgan fingerprint density at radius 3 is 0.278 bits per heavy atom. The third-order valence-corrected chi connectivity index (χ3v) is 25.0. The van der Waals surface area contributed by atoms with Crippen LogP contribution >= 0.6 is 0 Å². The van der Waals surface area contributed by atoms with Crippen molar-refractivity contribution in [2.24, 2.45) is 0 Å². The van der Waals surface area contributed by atoms with E-state index in [0.29, 0.717) is 0 Å². The number of rotatable bonds is 0. The summed E-state index contributed by atoms with van der Waals surface area (Å²) in [5, 5.41) is 52.0. The van der Waals surface area contributed by atoms with Crippen molar-refractivity contribution in [3.8, 4) is 44.5 Å². The van der Waals surface area contributed by atoms with E-state index in [4.69, 9.17) is 0 Å². The van der Waals surface area contributed by atoms with Gasteiger partial charge in [0.05, 0.1) is 0 Å². The summed E-state index contributed by atoms with van der Waals surface area (Å²) in [5.74, 6) is 0. The lowest BCUT2D eigenvalue weighted by molar-refractivity contribution is 1.59. The first-order valence-electron chi connectivity index (χ1n) is 37.9. The van der Waals surface area contributed by atoms with Gasteiger partial charge in [-0.2, -0.15) is 0 Å². The van der Waals surface area contributed by atoms with Crippen molar-refractivity contribution >= 4 is 215 Å². The molecule has 0 heteroatoms. The predicted molar refractivity (Wildman–Crippen MR) is 469 cm³/mol. The largest absolute Gasteiger partial charge is 0.0616 e. The van der Waals surface area contributed by atoms with Crippen molar-refractivity contribution in [3.05, 3.63) is 364 Å². The average molecular weight is 1360 g/mol. The summed E-state index contributed by atoms with van der Waals surface area (Å²) in [5.41, 5.74) is 9.98. The van der Waals surface area contributed by atoms with E-state index in [1.54, 1.807) is 0 Å². The second-order valence-corrected chi connectivity index (χ2v) is 30.1. The highest BCUT2D eigenvalue weighted by atomic mass is 14.3. The van der Waals surface area contributed by atoms with Crippen molar-refractivity contribution in [2.75, 3.05) is 0 Å². The molecule has 0 unspecified atom stereocenters. The molecular formula is C108H60. The van der Waals surface area contributed by atoms with Crippen LogP contribution in [0.15, 0.2) is 364 Å². The Hall–Kier alpha value is -14.0. The Balaban J connectivity index is 0.000000155. The fourth-order valence-electron chi connectivity index (χ4n) is 20.6. The molecule has 0 radical (unpaired) electrons. The zero-order chi connectivity index (χ0) is 70.1. The van der Waals surface area contributed by atoms with Crippen molar-refractivity contribution < 1.29 is 0 Å². The van der Waals surface area contributed by atoms with E-state index in [2.05, 4.69) is 364 Å². The van der Waals surface area contributed by atoms with Gasteiger partial charge in [0.25, 0.3) is 0 Å². The summed E-state index contributed by atoms with van der Waals surface area (Å²) in [4.78, 5) is 0. The van der Waals surface area contributed by atoms with Gasteiger partial charge in [0.15, 0.2) is 0 Å². The Bertz CT molecular complexity index is 7080. The average Bonchev–Trinajstić information content (AvgIpc) is 0.695. The van der Waals surface area contributed by atoms with Crippen LogP contribution in [0.3, 0.4) is 0 Å². The van der Waals surface area contributed by atoms with Gasteiger partial charge in [-0.15, -0.1) is 0 Å². The highest BCUT2D eigenvalue weighted by molar-refractivity contribution is 6.44. The fourth-order valence-corrected chi connectivity index (χ4v) is 20.6. The van der Waals surface area contributed by atoms with Gasteiger partial charge >= 0.3 is 0 Å². The highest BCUT2D eigenvalue weighted by Gasteiger charge is 2.29. The predicted octanol–water partition coefficient (Wildman–Crippen LogP) is 30.9. The third kappa shape index (κ3) is 7.82. The van der Waals surface area contributed by atoms with E-state index in [0.717, 1.165) is 0 Å². The minimum atomic E-state index is 1.25. The number of fused-ring (bicyclic) bond motifs is 40. The quantitative estimate of drug-likeness (QED) is 0.133. The van der Waals surface area contributed by atoms with Gasteiger partial charge in [0.2, 0.25) is 0 Å². The van der Waals surface area contributed by atoms with Gasteiger partial charge in [-0.3, -0.25) is 0 Å². The summed E-state index contributed by atoms with van der Waals surface area (Å²) in [6, 6.07) is 138. The second-order valence-electron chi connectivity index (χ2n) is 30.1. The van der Waals surface area contributed by atoms with E-state index in [1.807, 2.05) is 0 Å². The van der Waals surface area contributed by atoms with Gasteiger partial charge in [-0.1, -0.05) is 315 Å². The lowest BCUT2D eigenvalue weighted by atomic mass is 9.76. The van der Waals surface area contributed by atoms with Crippen molar-refractivity contribution in [2.45, 2.75) is 0 Å². The minimum Gasteiger partial charge on any atom is -0.0616 e. The molecule has 492 valence electrons. The smallest absolute Gasteiger partial charge is 0.00139 e. The third-order valence-electron chi connectivity index (χ3n) is 25.0. The van der Waals surface area contributed by atoms with Gasteiger partial charge in [-0.05, 0) is 308 Å². The van der Waals surface area contributed by atoms with Crippen LogP contribution in [0.2, 0.25) is 0 Å². The number of hydrogen-bond donors (Lipinski definition) is 0. The van der Waals surface area contributed by atoms with Crippen LogP contribution in [0.5, 0.6) is 0 Å². The minimum absolute atomic E-state index is 1.25. The zero-order valence-corrected chi connectivity index (χ0v) is 58.6. The van der Waals surface area contributed by atoms with Crippen LogP contribution in [0.25, 0.3) is 260 Å².